The summed E-state index contributed by atoms with van der Waals surface area (Å²) in [7, 11) is 0. The molecule has 0 unspecified atom stereocenters. The summed E-state index contributed by atoms with van der Waals surface area (Å²) < 4.78 is 5.42. The molecule has 4 nitrogen and oxygen atoms in total. The summed E-state index contributed by atoms with van der Waals surface area (Å²) >= 11 is 0. The van der Waals surface area contributed by atoms with Crippen LogP contribution in [0.4, 0.5) is 0 Å². The van der Waals surface area contributed by atoms with Crippen molar-refractivity contribution in [2.24, 2.45) is 4.99 Å². The minimum atomic E-state index is -0.146. The van der Waals surface area contributed by atoms with E-state index in [0.717, 1.165) is 30.0 Å². The summed E-state index contributed by atoms with van der Waals surface area (Å²) in [5, 5.41) is 2.84. The summed E-state index contributed by atoms with van der Waals surface area (Å²) in [5.41, 5.74) is 2.61. The molecule has 1 aliphatic rings. The van der Waals surface area contributed by atoms with E-state index in [1.54, 1.807) is 6.08 Å². The third kappa shape index (κ3) is 4.10. The quantitative estimate of drug-likeness (QED) is 0.827. The van der Waals surface area contributed by atoms with Gasteiger partial charge in [0.1, 0.15) is 17.3 Å². The van der Waals surface area contributed by atoms with Gasteiger partial charge in [0.15, 0.2) is 0 Å². The molecule has 2 aromatic rings. The first kappa shape index (κ1) is 16.0. The van der Waals surface area contributed by atoms with Gasteiger partial charge < -0.3 is 10.1 Å². The number of carbonyl (C=O) groups excluding carboxylic acids is 1. The number of rotatable bonds is 6. The summed E-state index contributed by atoms with van der Waals surface area (Å²) in [4.78, 5) is 16.5. The number of nitrogens with one attached hydrogen (secondary N) is 1. The molecule has 0 aliphatic carbocycles. The molecule has 0 saturated carbocycles. The van der Waals surface area contributed by atoms with Crippen molar-refractivity contribution in [2.45, 2.75) is 19.8 Å². The van der Waals surface area contributed by atoms with Crippen LogP contribution in [0.2, 0.25) is 0 Å². The van der Waals surface area contributed by atoms with Crippen molar-refractivity contribution in [3.05, 3.63) is 71.4 Å². The lowest BCUT2D eigenvalue weighted by Crippen LogP contribution is -2.24. The Balaban J connectivity index is 1.66. The lowest BCUT2D eigenvalue weighted by atomic mass is 10.1. The van der Waals surface area contributed by atoms with Gasteiger partial charge in [-0.25, -0.2) is 4.99 Å². The monoisotopic (exact) mass is 320 g/mol. The van der Waals surface area contributed by atoms with Gasteiger partial charge in [0.05, 0.1) is 6.61 Å². The fourth-order valence-electron chi connectivity index (χ4n) is 2.53. The van der Waals surface area contributed by atoms with E-state index in [4.69, 9.17) is 4.74 Å². The van der Waals surface area contributed by atoms with Crippen LogP contribution in [0, 0.1) is 0 Å². The van der Waals surface area contributed by atoms with Gasteiger partial charge in [-0.2, -0.15) is 0 Å². The Morgan fingerprint density at radius 1 is 1.04 bits per heavy atom. The zero-order chi connectivity index (χ0) is 16.8. The standard InChI is InChI=1S/C20H20N2O2/c1-2-24-17-11-8-16(9-12-17)14-18-20(23)22-19(21-18)13-10-15-6-4-3-5-7-15/h3-9,11-12,14H,2,10,13H2,1H3,(H,21,22,23)/b18-14+. The number of amides is 1. The van der Waals surface area contributed by atoms with Crippen LogP contribution < -0.4 is 10.1 Å². The van der Waals surface area contributed by atoms with Gasteiger partial charge in [0, 0.05) is 6.42 Å². The number of nitrogens with zero attached hydrogens (tertiary/aromatic N) is 1. The fraction of sp³-hybridized carbons (Fsp3) is 0.200. The first-order chi connectivity index (χ1) is 11.7. The molecule has 2 aromatic carbocycles. The number of hydrogen-bond acceptors (Lipinski definition) is 3. The Labute approximate surface area is 141 Å². The Morgan fingerprint density at radius 3 is 2.50 bits per heavy atom. The molecule has 24 heavy (non-hydrogen) atoms. The third-order valence-corrected chi connectivity index (χ3v) is 3.73. The minimum Gasteiger partial charge on any atom is -0.494 e. The molecule has 0 saturated heterocycles. The van der Waals surface area contributed by atoms with Crippen LogP contribution in [0.25, 0.3) is 6.08 Å². The highest BCUT2D eigenvalue weighted by Gasteiger charge is 2.19. The van der Waals surface area contributed by atoms with Gasteiger partial charge in [-0.15, -0.1) is 0 Å². The Morgan fingerprint density at radius 2 is 1.79 bits per heavy atom. The first-order valence-corrected chi connectivity index (χ1v) is 8.12. The Kier molecular flexibility index (Phi) is 5.06. The highest BCUT2D eigenvalue weighted by atomic mass is 16.5. The SMILES string of the molecule is CCOc1ccc(/C=C2/N=C(CCc3ccccc3)NC2=O)cc1. The maximum absolute atomic E-state index is 12.1. The summed E-state index contributed by atoms with van der Waals surface area (Å²) in [5.74, 6) is 1.40. The van der Waals surface area contributed by atoms with Gasteiger partial charge in [0.2, 0.25) is 0 Å². The second-order valence-corrected chi connectivity index (χ2v) is 5.53. The predicted molar refractivity (Wildman–Crippen MR) is 95.9 cm³/mol. The number of amidine groups is 1. The van der Waals surface area contributed by atoms with Crippen molar-refractivity contribution in [1.82, 2.24) is 5.32 Å². The van der Waals surface area contributed by atoms with Gasteiger partial charge >= 0.3 is 0 Å². The summed E-state index contributed by atoms with van der Waals surface area (Å²) in [6.45, 7) is 2.59. The second kappa shape index (κ2) is 7.59. The maximum Gasteiger partial charge on any atom is 0.275 e. The van der Waals surface area contributed by atoms with E-state index in [0.29, 0.717) is 12.3 Å². The van der Waals surface area contributed by atoms with E-state index in [2.05, 4.69) is 22.4 Å². The largest absolute Gasteiger partial charge is 0.494 e. The van der Waals surface area contributed by atoms with Crippen molar-refractivity contribution in [3.8, 4) is 5.75 Å². The Bertz CT molecular complexity index is 762. The molecule has 0 fully saturated rings. The zero-order valence-electron chi connectivity index (χ0n) is 13.7. The van der Waals surface area contributed by atoms with Crippen LogP contribution in [0.1, 0.15) is 24.5 Å². The van der Waals surface area contributed by atoms with Gasteiger partial charge in [-0.05, 0) is 42.7 Å². The lowest BCUT2D eigenvalue weighted by Gasteiger charge is -2.02. The molecule has 3 rings (SSSR count). The number of aryl methyl sites for hydroxylation is 1. The molecule has 0 aromatic heterocycles. The Hall–Kier alpha value is -2.88. The van der Waals surface area contributed by atoms with E-state index >= 15 is 0 Å². The van der Waals surface area contributed by atoms with Crippen LogP contribution >= 0.6 is 0 Å². The third-order valence-electron chi connectivity index (χ3n) is 3.73. The number of carbonyl (C=O) groups is 1. The van der Waals surface area contributed by atoms with Crippen LogP contribution in [0.15, 0.2) is 65.3 Å². The minimum absolute atomic E-state index is 0.146. The summed E-state index contributed by atoms with van der Waals surface area (Å²) in [6.07, 6.45) is 3.37. The molecular weight excluding hydrogens is 300 g/mol. The number of aliphatic imine (C=N–C) groups is 1. The molecule has 0 spiro atoms. The molecule has 1 aliphatic heterocycles. The van der Waals surface area contributed by atoms with Crippen molar-refractivity contribution >= 4 is 17.8 Å². The maximum atomic E-state index is 12.1. The molecule has 0 atom stereocenters. The number of ether oxygens (including phenoxy) is 1. The average Bonchev–Trinajstić information content (AvgIpc) is 2.96. The van der Waals surface area contributed by atoms with Crippen molar-refractivity contribution in [1.29, 1.82) is 0 Å². The normalized spacial score (nSPS) is 15.3. The van der Waals surface area contributed by atoms with Crippen molar-refractivity contribution in [3.63, 3.8) is 0 Å². The van der Waals surface area contributed by atoms with E-state index in [9.17, 15) is 4.79 Å². The van der Waals surface area contributed by atoms with Crippen LogP contribution in [-0.2, 0) is 11.2 Å². The topological polar surface area (TPSA) is 50.7 Å². The molecule has 0 radical (unpaired) electrons. The molecule has 1 amide bonds. The van der Waals surface area contributed by atoms with Crippen LogP contribution in [0.3, 0.4) is 0 Å². The predicted octanol–water partition coefficient (Wildman–Crippen LogP) is 3.59. The van der Waals surface area contributed by atoms with Crippen LogP contribution in [0.5, 0.6) is 5.75 Å². The fourth-order valence-corrected chi connectivity index (χ4v) is 2.53. The molecular formula is C20H20N2O2. The van der Waals surface area contributed by atoms with Crippen LogP contribution in [-0.4, -0.2) is 18.3 Å². The van der Waals surface area contributed by atoms with Crippen molar-refractivity contribution in [2.75, 3.05) is 6.61 Å². The molecule has 1 heterocycles. The highest BCUT2D eigenvalue weighted by molar-refractivity contribution is 6.14. The second-order valence-electron chi connectivity index (χ2n) is 5.53. The van der Waals surface area contributed by atoms with E-state index in [1.165, 1.54) is 5.56 Å². The highest BCUT2D eigenvalue weighted by Crippen LogP contribution is 2.17. The van der Waals surface area contributed by atoms with E-state index < -0.39 is 0 Å². The van der Waals surface area contributed by atoms with Gasteiger partial charge in [0.25, 0.3) is 5.91 Å². The summed E-state index contributed by atoms with van der Waals surface area (Å²) in [6, 6.07) is 17.8. The number of benzene rings is 2. The molecule has 122 valence electrons. The lowest BCUT2D eigenvalue weighted by molar-refractivity contribution is -0.115. The van der Waals surface area contributed by atoms with Gasteiger partial charge in [-0.3, -0.25) is 4.79 Å². The molecule has 4 heteroatoms. The zero-order valence-corrected chi connectivity index (χ0v) is 13.7. The van der Waals surface area contributed by atoms with Crippen molar-refractivity contribution < 1.29 is 9.53 Å². The molecule has 0 bridgehead atoms. The van der Waals surface area contributed by atoms with Gasteiger partial charge in [-0.1, -0.05) is 42.5 Å². The van der Waals surface area contributed by atoms with E-state index in [1.807, 2.05) is 49.4 Å². The smallest absolute Gasteiger partial charge is 0.275 e. The number of hydrogen-bond donors (Lipinski definition) is 1. The van der Waals surface area contributed by atoms with E-state index in [-0.39, 0.29) is 5.91 Å². The first-order valence-electron chi connectivity index (χ1n) is 8.12. The average molecular weight is 320 g/mol. The molecule has 1 N–H and O–H groups in total.